The van der Waals surface area contributed by atoms with Crippen LogP contribution >= 0.6 is 0 Å². The molecule has 0 nitrogen and oxygen atoms in total. The molecular formula is C41H56. The van der Waals surface area contributed by atoms with Gasteiger partial charge in [-0.2, -0.15) is 0 Å². The van der Waals surface area contributed by atoms with E-state index in [4.69, 9.17) is 0 Å². The van der Waals surface area contributed by atoms with Crippen molar-refractivity contribution in [1.29, 1.82) is 0 Å². The molecule has 0 heteroatoms. The second kappa shape index (κ2) is 8.97. The molecule has 0 radical (unpaired) electrons. The number of hydrogen-bond donors (Lipinski definition) is 0. The molecule has 0 saturated heterocycles. The van der Waals surface area contributed by atoms with E-state index >= 15 is 0 Å². The fourth-order valence-electron chi connectivity index (χ4n) is 10.1. The predicted molar refractivity (Wildman–Crippen MR) is 178 cm³/mol. The number of benzene rings is 2. The van der Waals surface area contributed by atoms with Crippen LogP contribution in [0.2, 0.25) is 0 Å². The SMILES string of the molecule is Cc1cc2c(cc1C(C)(C)C)-c1cc(C(C)(C)C)c(C)cc1C2C1(C(C)C)C2=C(CC(C(C)(C)C)=C2)C2CCCC21. The zero-order valence-electron chi connectivity index (χ0n) is 28.5. The summed E-state index contributed by atoms with van der Waals surface area (Å²) < 4.78 is 0. The third-order valence-corrected chi connectivity index (χ3v) is 11.8. The third kappa shape index (κ3) is 4.05. The van der Waals surface area contributed by atoms with Gasteiger partial charge >= 0.3 is 0 Å². The molecule has 0 N–H and O–H groups in total. The second-order valence-corrected chi connectivity index (χ2v) is 17.7. The second-order valence-electron chi connectivity index (χ2n) is 17.7. The van der Waals surface area contributed by atoms with Crippen molar-refractivity contribution in [2.24, 2.45) is 28.6 Å². The lowest BCUT2D eigenvalue weighted by molar-refractivity contribution is 0.119. The Labute approximate surface area is 252 Å². The Morgan fingerprint density at radius 2 is 1.22 bits per heavy atom. The molecular weight excluding hydrogens is 492 g/mol. The van der Waals surface area contributed by atoms with Crippen LogP contribution in [0.25, 0.3) is 11.1 Å². The highest BCUT2D eigenvalue weighted by atomic mass is 14.7. The first-order valence-electron chi connectivity index (χ1n) is 16.6. The molecule has 3 atom stereocenters. The molecule has 0 aliphatic heterocycles. The molecule has 220 valence electrons. The monoisotopic (exact) mass is 548 g/mol. The molecule has 0 amide bonds. The number of aryl methyl sites for hydroxylation is 2. The van der Waals surface area contributed by atoms with Gasteiger partial charge in [-0.25, -0.2) is 0 Å². The number of allylic oxidation sites excluding steroid dienone is 4. The summed E-state index contributed by atoms with van der Waals surface area (Å²) in [6, 6.07) is 10.5. The van der Waals surface area contributed by atoms with Crippen molar-refractivity contribution >= 4 is 0 Å². The van der Waals surface area contributed by atoms with E-state index in [1.54, 1.807) is 22.3 Å². The maximum absolute atomic E-state index is 2.73. The highest BCUT2D eigenvalue weighted by Crippen LogP contribution is 2.72. The van der Waals surface area contributed by atoms with E-state index in [1.165, 1.54) is 59.1 Å². The van der Waals surface area contributed by atoms with Crippen molar-refractivity contribution in [2.75, 3.05) is 0 Å². The molecule has 0 bridgehead atoms. The molecule has 1 saturated carbocycles. The molecule has 0 heterocycles. The van der Waals surface area contributed by atoms with E-state index < -0.39 is 0 Å². The van der Waals surface area contributed by atoms with E-state index in [0.717, 1.165) is 11.8 Å². The summed E-state index contributed by atoms with van der Waals surface area (Å²) in [5.74, 6) is 2.51. The van der Waals surface area contributed by atoms with Gasteiger partial charge in [0.1, 0.15) is 0 Å². The Kier molecular flexibility index (Phi) is 6.35. The minimum atomic E-state index is 0.125. The van der Waals surface area contributed by atoms with E-state index in [2.05, 4.69) is 120 Å². The predicted octanol–water partition coefficient (Wildman–Crippen LogP) is 11.8. The van der Waals surface area contributed by atoms with Gasteiger partial charge in [0, 0.05) is 11.3 Å². The normalized spacial score (nSPS) is 26.0. The Bertz CT molecular complexity index is 1410. The minimum absolute atomic E-state index is 0.125. The number of fused-ring (bicyclic) bond motifs is 5. The van der Waals surface area contributed by atoms with Gasteiger partial charge in [0.25, 0.3) is 0 Å². The van der Waals surface area contributed by atoms with Crippen LogP contribution in [0, 0.1) is 42.4 Å². The van der Waals surface area contributed by atoms with Crippen LogP contribution < -0.4 is 0 Å². The van der Waals surface area contributed by atoms with Gasteiger partial charge < -0.3 is 0 Å². The first kappa shape index (κ1) is 29.0. The lowest BCUT2D eigenvalue weighted by Gasteiger charge is -2.48. The summed E-state index contributed by atoms with van der Waals surface area (Å²) in [7, 11) is 0. The zero-order valence-corrected chi connectivity index (χ0v) is 28.5. The van der Waals surface area contributed by atoms with Crippen molar-refractivity contribution < 1.29 is 0 Å². The molecule has 6 rings (SSSR count). The topological polar surface area (TPSA) is 0 Å². The first-order valence-corrected chi connectivity index (χ1v) is 16.6. The van der Waals surface area contributed by atoms with Crippen molar-refractivity contribution in [2.45, 2.75) is 132 Å². The van der Waals surface area contributed by atoms with Crippen LogP contribution in [-0.4, -0.2) is 0 Å². The van der Waals surface area contributed by atoms with E-state index in [-0.39, 0.29) is 21.7 Å². The standard InChI is InChI=1S/C41H56/c1-23(2)41(33-16-14-15-27(33)30-19-26(20-36(30)41)38(5,6)7)37-31-17-24(3)34(39(8,9)10)21-28(31)29-22-35(40(11,12)13)25(4)18-32(29)37/h17-18,20-23,27,33,37H,14-16,19H2,1-13H3. The highest BCUT2D eigenvalue weighted by Gasteiger charge is 2.62. The summed E-state index contributed by atoms with van der Waals surface area (Å²) in [6.45, 7) is 31.5. The van der Waals surface area contributed by atoms with Gasteiger partial charge in [-0.1, -0.05) is 124 Å². The van der Waals surface area contributed by atoms with Gasteiger partial charge in [-0.15, -0.1) is 0 Å². The molecule has 0 spiro atoms. The van der Waals surface area contributed by atoms with Crippen LogP contribution in [0.3, 0.4) is 0 Å². The lowest BCUT2D eigenvalue weighted by Crippen LogP contribution is -2.41. The van der Waals surface area contributed by atoms with E-state index in [9.17, 15) is 0 Å². The molecule has 2 aromatic rings. The summed E-state index contributed by atoms with van der Waals surface area (Å²) in [5, 5.41) is 0. The minimum Gasteiger partial charge on any atom is -0.0619 e. The Morgan fingerprint density at radius 1 is 0.707 bits per heavy atom. The van der Waals surface area contributed by atoms with Gasteiger partial charge in [-0.3, -0.25) is 0 Å². The number of hydrogen-bond acceptors (Lipinski definition) is 0. The Hall–Kier alpha value is -2.08. The van der Waals surface area contributed by atoms with Crippen molar-refractivity contribution in [3.8, 4) is 11.1 Å². The first-order chi connectivity index (χ1) is 18.9. The molecule has 3 unspecified atom stereocenters. The van der Waals surface area contributed by atoms with Gasteiger partial charge in [0.15, 0.2) is 0 Å². The lowest BCUT2D eigenvalue weighted by atomic mass is 9.55. The molecule has 2 aromatic carbocycles. The van der Waals surface area contributed by atoms with Crippen molar-refractivity contribution in [1.82, 2.24) is 0 Å². The maximum atomic E-state index is 2.73. The summed E-state index contributed by atoms with van der Waals surface area (Å²) in [6.07, 6.45) is 8.11. The third-order valence-electron chi connectivity index (χ3n) is 11.8. The summed E-state index contributed by atoms with van der Waals surface area (Å²) in [4.78, 5) is 0. The quantitative estimate of drug-likeness (QED) is 0.350. The van der Waals surface area contributed by atoms with Gasteiger partial charge in [0.05, 0.1) is 0 Å². The summed E-state index contributed by atoms with van der Waals surface area (Å²) >= 11 is 0. The van der Waals surface area contributed by atoms with E-state index in [1.807, 2.05) is 5.57 Å². The van der Waals surface area contributed by atoms with Crippen LogP contribution in [-0.2, 0) is 10.8 Å². The average Bonchev–Trinajstić information content (AvgIpc) is 3.56. The highest BCUT2D eigenvalue weighted by molar-refractivity contribution is 5.83. The summed E-state index contributed by atoms with van der Waals surface area (Å²) in [5.41, 5.74) is 18.1. The zero-order chi connectivity index (χ0) is 30.0. The van der Waals surface area contributed by atoms with Crippen molar-refractivity contribution in [3.63, 3.8) is 0 Å². The average molecular weight is 549 g/mol. The van der Waals surface area contributed by atoms with Gasteiger partial charge in [-0.05, 0) is 117 Å². The van der Waals surface area contributed by atoms with Gasteiger partial charge in [0.2, 0.25) is 0 Å². The van der Waals surface area contributed by atoms with E-state index in [0.29, 0.717) is 11.8 Å². The smallest absolute Gasteiger partial charge is 0.0204 e. The molecule has 4 aliphatic carbocycles. The Balaban J connectivity index is 1.70. The van der Waals surface area contributed by atoms with Crippen LogP contribution in [0.15, 0.2) is 47.1 Å². The van der Waals surface area contributed by atoms with Crippen molar-refractivity contribution in [3.05, 3.63) is 80.4 Å². The molecule has 4 aliphatic rings. The largest absolute Gasteiger partial charge is 0.0619 e. The van der Waals surface area contributed by atoms with Crippen LogP contribution in [0.1, 0.15) is 141 Å². The Morgan fingerprint density at radius 3 is 1.66 bits per heavy atom. The molecule has 41 heavy (non-hydrogen) atoms. The molecule has 0 aromatic heterocycles. The van der Waals surface area contributed by atoms with Crippen LogP contribution in [0.5, 0.6) is 0 Å². The maximum Gasteiger partial charge on any atom is 0.0204 e. The molecule has 1 fully saturated rings. The number of rotatable bonds is 2. The fraction of sp³-hybridized carbons (Fsp3) is 0.610. The van der Waals surface area contributed by atoms with Crippen LogP contribution in [0.4, 0.5) is 0 Å². The fourth-order valence-corrected chi connectivity index (χ4v) is 10.1.